The Bertz CT molecular complexity index is 1130. The van der Waals surface area contributed by atoms with Crippen molar-refractivity contribution < 1.29 is 17.9 Å². The first-order valence-corrected chi connectivity index (χ1v) is 11.0. The van der Waals surface area contributed by atoms with Crippen LogP contribution in [0.15, 0.2) is 71.8 Å². The van der Waals surface area contributed by atoms with Crippen LogP contribution in [0.1, 0.15) is 29.3 Å². The van der Waals surface area contributed by atoms with Crippen LogP contribution in [0.3, 0.4) is 0 Å². The third kappa shape index (κ3) is 5.36. The van der Waals surface area contributed by atoms with Crippen LogP contribution >= 0.6 is 0 Å². The van der Waals surface area contributed by atoms with Crippen molar-refractivity contribution >= 4 is 21.6 Å². The number of amides is 1. The van der Waals surface area contributed by atoms with E-state index in [1.54, 1.807) is 54.6 Å². The quantitative estimate of drug-likeness (QED) is 0.566. The van der Waals surface area contributed by atoms with Crippen molar-refractivity contribution in [3.8, 4) is 11.6 Å². The molecule has 0 aliphatic heterocycles. The monoisotopic (exact) mass is 425 g/mol. The summed E-state index contributed by atoms with van der Waals surface area (Å²) >= 11 is 0. The van der Waals surface area contributed by atoms with Gasteiger partial charge < -0.3 is 10.1 Å². The normalized spacial score (nSPS) is 11.0. The number of benzene rings is 2. The highest BCUT2D eigenvalue weighted by atomic mass is 32.2. The number of anilines is 1. The second-order valence-electron chi connectivity index (χ2n) is 6.66. The van der Waals surface area contributed by atoms with Crippen molar-refractivity contribution in [1.29, 1.82) is 0 Å². The average molecular weight is 426 g/mol. The van der Waals surface area contributed by atoms with E-state index >= 15 is 0 Å². The summed E-state index contributed by atoms with van der Waals surface area (Å²) in [5.74, 6) is 0.211. The summed E-state index contributed by atoms with van der Waals surface area (Å²) in [6.07, 6.45) is 2.33. The molecule has 0 unspecified atom stereocenters. The number of hydrogen-bond donors (Lipinski definition) is 2. The Kier molecular flexibility index (Phi) is 6.68. The molecule has 156 valence electrons. The number of hydrogen-bond acceptors (Lipinski definition) is 5. The molecular formula is C22H23N3O4S. The zero-order chi connectivity index (χ0) is 21.6. The number of nitrogens with zero attached hydrogens (tertiary/aromatic N) is 1. The van der Waals surface area contributed by atoms with Gasteiger partial charge in [0, 0.05) is 18.8 Å². The van der Waals surface area contributed by atoms with E-state index in [4.69, 9.17) is 4.74 Å². The fourth-order valence-electron chi connectivity index (χ4n) is 2.64. The highest BCUT2D eigenvalue weighted by Crippen LogP contribution is 2.26. The highest BCUT2D eigenvalue weighted by Gasteiger charge is 2.16. The van der Waals surface area contributed by atoms with Gasteiger partial charge in [0.2, 0.25) is 5.88 Å². The summed E-state index contributed by atoms with van der Waals surface area (Å²) < 4.78 is 33.5. The molecule has 2 N–H and O–H groups in total. The number of sulfonamides is 1. The fourth-order valence-corrected chi connectivity index (χ4v) is 3.69. The molecule has 0 aliphatic rings. The van der Waals surface area contributed by atoms with Gasteiger partial charge in [-0.05, 0) is 49.7 Å². The van der Waals surface area contributed by atoms with Gasteiger partial charge in [-0.2, -0.15) is 0 Å². The molecule has 0 saturated carbocycles. The van der Waals surface area contributed by atoms with Crippen LogP contribution in [-0.2, 0) is 10.0 Å². The van der Waals surface area contributed by atoms with Crippen LogP contribution in [-0.4, -0.2) is 25.9 Å². The van der Waals surface area contributed by atoms with Crippen LogP contribution in [0.4, 0.5) is 5.69 Å². The van der Waals surface area contributed by atoms with Gasteiger partial charge in [-0.15, -0.1) is 0 Å². The predicted molar refractivity (Wildman–Crippen MR) is 115 cm³/mol. The molecule has 1 aromatic heterocycles. The van der Waals surface area contributed by atoms with E-state index in [-0.39, 0.29) is 16.7 Å². The van der Waals surface area contributed by atoms with E-state index in [1.807, 2.05) is 13.8 Å². The molecule has 0 atom stereocenters. The number of aromatic nitrogens is 1. The number of ether oxygens (including phenoxy) is 1. The van der Waals surface area contributed by atoms with Crippen LogP contribution < -0.4 is 14.8 Å². The van der Waals surface area contributed by atoms with Gasteiger partial charge in [-0.1, -0.05) is 30.7 Å². The third-order valence-electron chi connectivity index (χ3n) is 4.18. The van der Waals surface area contributed by atoms with Crippen LogP contribution in [0.2, 0.25) is 0 Å². The molecule has 0 fully saturated rings. The van der Waals surface area contributed by atoms with Crippen LogP contribution in [0.5, 0.6) is 11.6 Å². The Morgan fingerprint density at radius 3 is 2.57 bits per heavy atom. The lowest BCUT2D eigenvalue weighted by Gasteiger charge is -2.12. The van der Waals surface area contributed by atoms with E-state index in [0.29, 0.717) is 23.5 Å². The van der Waals surface area contributed by atoms with Gasteiger partial charge in [0.15, 0.2) is 0 Å². The van der Waals surface area contributed by atoms with Gasteiger partial charge in [-0.25, -0.2) is 13.4 Å². The molecule has 30 heavy (non-hydrogen) atoms. The number of rotatable bonds is 8. The largest absolute Gasteiger partial charge is 0.438 e. The summed E-state index contributed by atoms with van der Waals surface area (Å²) in [6, 6.07) is 16.3. The maximum atomic E-state index is 12.6. The molecule has 0 aliphatic carbocycles. The van der Waals surface area contributed by atoms with Crippen molar-refractivity contribution in [2.45, 2.75) is 25.2 Å². The topological polar surface area (TPSA) is 97.4 Å². The Hall–Kier alpha value is -3.39. The fraction of sp³-hybridized carbons (Fsp3) is 0.182. The second kappa shape index (κ2) is 9.41. The predicted octanol–water partition coefficient (Wildman–Crippen LogP) is 4.12. The van der Waals surface area contributed by atoms with E-state index in [1.165, 1.54) is 12.3 Å². The minimum absolute atomic E-state index is 0.143. The molecule has 2 aromatic carbocycles. The number of nitrogens with one attached hydrogen (secondary N) is 2. The summed E-state index contributed by atoms with van der Waals surface area (Å²) in [5, 5.41) is 2.79. The van der Waals surface area contributed by atoms with Gasteiger partial charge in [0.25, 0.3) is 15.9 Å². The Morgan fingerprint density at radius 2 is 1.83 bits per heavy atom. The molecule has 1 heterocycles. The molecule has 3 rings (SSSR count). The first-order valence-electron chi connectivity index (χ1n) is 9.49. The zero-order valence-corrected chi connectivity index (χ0v) is 17.6. The van der Waals surface area contributed by atoms with E-state index in [9.17, 15) is 13.2 Å². The van der Waals surface area contributed by atoms with Crippen molar-refractivity contribution in [2.75, 3.05) is 11.3 Å². The summed E-state index contributed by atoms with van der Waals surface area (Å²) in [7, 11) is -3.74. The van der Waals surface area contributed by atoms with E-state index in [0.717, 1.165) is 12.0 Å². The van der Waals surface area contributed by atoms with Gasteiger partial charge >= 0.3 is 0 Å². The molecule has 8 heteroatoms. The lowest BCUT2D eigenvalue weighted by Crippen LogP contribution is -2.24. The van der Waals surface area contributed by atoms with Crippen molar-refractivity contribution in [3.05, 3.63) is 78.0 Å². The summed E-state index contributed by atoms with van der Waals surface area (Å²) in [5.41, 5.74) is 1.61. The molecule has 0 bridgehead atoms. The summed E-state index contributed by atoms with van der Waals surface area (Å²) in [6.45, 7) is 4.40. The van der Waals surface area contributed by atoms with Gasteiger partial charge in [0.05, 0.1) is 10.6 Å². The van der Waals surface area contributed by atoms with Crippen molar-refractivity contribution in [3.63, 3.8) is 0 Å². The van der Waals surface area contributed by atoms with Crippen molar-refractivity contribution in [1.82, 2.24) is 10.3 Å². The lowest BCUT2D eigenvalue weighted by atomic mass is 10.2. The highest BCUT2D eigenvalue weighted by molar-refractivity contribution is 7.92. The number of aryl methyl sites for hydroxylation is 1. The molecule has 0 radical (unpaired) electrons. The lowest BCUT2D eigenvalue weighted by molar-refractivity contribution is 0.0950. The average Bonchev–Trinajstić information content (AvgIpc) is 2.72. The Balaban J connectivity index is 1.80. The van der Waals surface area contributed by atoms with E-state index < -0.39 is 10.0 Å². The smallest absolute Gasteiger partial charge is 0.261 e. The van der Waals surface area contributed by atoms with Crippen LogP contribution in [0, 0.1) is 6.92 Å². The van der Waals surface area contributed by atoms with Gasteiger partial charge in [-0.3, -0.25) is 9.52 Å². The number of carbonyl (C=O) groups is 1. The minimum Gasteiger partial charge on any atom is -0.438 e. The standard InChI is InChI=1S/C22H23N3O4S/c1-3-13-23-21(26)20-8-5-14-24-22(20)29-18-7-4-6-17(15-18)25-30(27,28)19-11-9-16(2)10-12-19/h4-12,14-15,25H,3,13H2,1-2H3,(H,23,26). The minimum atomic E-state index is -3.74. The second-order valence-corrected chi connectivity index (χ2v) is 8.34. The molecule has 3 aromatic rings. The molecule has 0 saturated heterocycles. The third-order valence-corrected chi connectivity index (χ3v) is 5.58. The van der Waals surface area contributed by atoms with E-state index in [2.05, 4.69) is 15.0 Å². The molecule has 7 nitrogen and oxygen atoms in total. The summed E-state index contributed by atoms with van der Waals surface area (Å²) in [4.78, 5) is 16.6. The Morgan fingerprint density at radius 1 is 1.07 bits per heavy atom. The zero-order valence-electron chi connectivity index (χ0n) is 16.8. The molecular weight excluding hydrogens is 402 g/mol. The molecule has 1 amide bonds. The Labute approximate surface area is 176 Å². The maximum absolute atomic E-state index is 12.6. The van der Waals surface area contributed by atoms with Gasteiger partial charge in [0.1, 0.15) is 11.3 Å². The molecule has 0 spiro atoms. The number of carbonyl (C=O) groups excluding carboxylic acids is 1. The maximum Gasteiger partial charge on any atom is 0.261 e. The first-order chi connectivity index (χ1) is 14.4. The first kappa shape index (κ1) is 21.3. The number of pyridine rings is 1. The van der Waals surface area contributed by atoms with Crippen LogP contribution in [0.25, 0.3) is 0 Å². The van der Waals surface area contributed by atoms with Crippen molar-refractivity contribution in [2.24, 2.45) is 0 Å². The SMILES string of the molecule is CCCNC(=O)c1cccnc1Oc1cccc(NS(=O)(=O)c2ccc(C)cc2)c1.